The second kappa shape index (κ2) is 10.4. The smallest absolute Gasteiger partial charge is 0.272 e. The lowest BCUT2D eigenvalue weighted by Gasteiger charge is -2.41. The fourth-order valence-corrected chi connectivity index (χ4v) is 5.17. The highest BCUT2D eigenvalue weighted by Gasteiger charge is 2.46. The minimum atomic E-state index is -1.15. The summed E-state index contributed by atoms with van der Waals surface area (Å²) in [5.74, 6) is -1.07. The van der Waals surface area contributed by atoms with Gasteiger partial charge in [0.1, 0.15) is 6.04 Å². The van der Waals surface area contributed by atoms with Gasteiger partial charge in [0, 0.05) is 23.2 Å². The van der Waals surface area contributed by atoms with E-state index in [0.29, 0.717) is 29.3 Å². The molecule has 2 atom stereocenters. The maximum absolute atomic E-state index is 13.4. The maximum Gasteiger partial charge on any atom is 0.272 e. The summed E-state index contributed by atoms with van der Waals surface area (Å²) < 4.78 is 0. The number of nitrogens with zero attached hydrogens (tertiary/aromatic N) is 2. The van der Waals surface area contributed by atoms with E-state index in [2.05, 4.69) is 10.6 Å². The van der Waals surface area contributed by atoms with Gasteiger partial charge >= 0.3 is 0 Å². The third-order valence-corrected chi connectivity index (χ3v) is 7.70. The average Bonchev–Trinajstić information content (AvgIpc) is 3.00. The lowest BCUT2D eigenvalue weighted by Crippen LogP contribution is -2.56. The average molecular weight is 529 g/mol. The fraction of sp³-hybridized carbons (Fsp3) is 0.267. The van der Waals surface area contributed by atoms with E-state index >= 15 is 0 Å². The molecule has 0 bridgehead atoms. The monoisotopic (exact) mass is 528 g/mol. The summed E-state index contributed by atoms with van der Waals surface area (Å²) in [4.78, 5) is 46.3. The summed E-state index contributed by atoms with van der Waals surface area (Å²) in [6.07, 6.45) is 1.17. The number of carbonyl (C=O) groups is 3. The molecule has 2 N–H and O–H groups in total. The Morgan fingerprint density at radius 3 is 2.32 bits per heavy atom. The second-order valence-corrected chi connectivity index (χ2v) is 10.2. The number of anilines is 1. The Morgan fingerprint density at radius 1 is 1.00 bits per heavy atom. The first-order valence-corrected chi connectivity index (χ1v) is 13.1. The molecular formula is C30H29ClN4O3. The summed E-state index contributed by atoms with van der Waals surface area (Å²) in [5, 5.41) is 6.24. The number of rotatable bonds is 6. The second-order valence-electron chi connectivity index (χ2n) is 9.81. The van der Waals surface area contributed by atoms with E-state index in [9.17, 15) is 14.4 Å². The molecule has 3 amide bonds. The van der Waals surface area contributed by atoms with Crippen LogP contribution in [-0.2, 0) is 19.8 Å². The topological polar surface area (TPSA) is 90.9 Å². The van der Waals surface area contributed by atoms with Crippen LogP contribution in [0.5, 0.6) is 0 Å². The van der Waals surface area contributed by atoms with Crippen LogP contribution in [0.1, 0.15) is 42.9 Å². The predicted octanol–water partition coefficient (Wildman–Crippen LogP) is 4.22. The van der Waals surface area contributed by atoms with Crippen molar-refractivity contribution in [3.05, 3.63) is 101 Å². The van der Waals surface area contributed by atoms with Crippen molar-refractivity contribution in [2.45, 2.75) is 43.8 Å². The van der Waals surface area contributed by atoms with Crippen molar-refractivity contribution in [1.82, 2.24) is 10.6 Å². The molecular weight excluding hydrogens is 500 g/mol. The molecule has 3 aromatic rings. The molecule has 1 aliphatic heterocycles. The summed E-state index contributed by atoms with van der Waals surface area (Å²) in [5.41, 5.74) is 3.14. The molecule has 0 spiro atoms. The molecule has 0 unspecified atom stereocenters. The van der Waals surface area contributed by atoms with Gasteiger partial charge in [0.05, 0.1) is 16.8 Å². The van der Waals surface area contributed by atoms with Crippen molar-refractivity contribution >= 4 is 40.7 Å². The summed E-state index contributed by atoms with van der Waals surface area (Å²) in [7, 11) is 1.67. The van der Waals surface area contributed by atoms with E-state index in [1.54, 1.807) is 26.1 Å². The van der Waals surface area contributed by atoms with Crippen LogP contribution in [0.2, 0.25) is 5.02 Å². The van der Waals surface area contributed by atoms with Crippen LogP contribution in [0, 0.1) is 0 Å². The summed E-state index contributed by atoms with van der Waals surface area (Å²) >= 11 is 6.04. The first kappa shape index (κ1) is 25.7. The molecule has 194 valence electrons. The van der Waals surface area contributed by atoms with E-state index in [-0.39, 0.29) is 11.8 Å². The Labute approximate surface area is 226 Å². The van der Waals surface area contributed by atoms with Gasteiger partial charge < -0.3 is 15.5 Å². The molecule has 2 aliphatic rings. The standard InChI is InChI=1S/C30H29ClN4O3/c1-19(32-29(38)30(17-8-18-30)21-13-15-22(31)16-14-21)27(36)34-26-28(37)35(2)24-12-7-6-11-23(24)25(33-26)20-9-4-3-5-10-20/h3-7,9-16,19,26H,8,17-18H2,1-2H3,(H,32,38)(H,34,36)/t19-,26+/m0/s1. The van der Waals surface area contributed by atoms with Crippen LogP contribution in [0.4, 0.5) is 5.69 Å². The molecule has 3 aromatic carbocycles. The van der Waals surface area contributed by atoms with Crippen molar-refractivity contribution < 1.29 is 14.4 Å². The molecule has 38 heavy (non-hydrogen) atoms. The molecule has 1 heterocycles. The zero-order valence-corrected chi connectivity index (χ0v) is 22.0. The van der Waals surface area contributed by atoms with Gasteiger partial charge in [0.15, 0.2) is 0 Å². The van der Waals surface area contributed by atoms with Gasteiger partial charge in [-0.2, -0.15) is 0 Å². The molecule has 8 heteroatoms. The molecule has 7 nitrogen and oxygen atoms in total. The molecule has 0 radical (unpaired) electrons. The molecule has 1 saturated carbocycles. The summed E-state index contributed by atoms with van der Waals surface area (Å²) in [6, 6.07) is 23.5. The largest absolute Gasteiger partial charge is 0.344 e. The number of halogens is 1. The number of aliphatic imine (C=N–C) groups is 1. The number of benzodiazepines with no additional fused rings is 1. The number of amides is 3. The van der Waals surface area contributed by atoms with Crippen LogP contribution < -0.4 is 15.5 Å². The highest BCUT2D eigenvalue weighted by atomic mass is 35.5. The zero-order chi connectivity index (χ0) is 26.9. The van der Waals surface area contributed by atoms with Gasteiger partial charge in [-0.05, 0) is 43.5 Å². The van der Waals surface area contributed by atoms with Crippen LogP contribution in [0.3, 0.4) is 0 Å². The van der Waals surface area contributed by atoms with E-state index < -0.39 is 23.5 Å². The zero-order valence-electron chi connectivity index (χ0n) is 21.3. The third kappa shape index (κ3) is 4.70. The van der Waals surface area contributed by atoms with Crippen molar-refractivity contribution in [1.29, 1.82) is 0 Å². The van der Waals surface area contributed by atoms with Gasteiger partial charge in [0.25, 0.3) is 5.91 Å². The Bertz CT molecular complexity index is 1400. The van der Waals surface area contributed by atoms with Crippen molar-refractivity contribution in [2.24, 2.45) is 4.99 Å². The van der Waals surface area contributed by atoms with E-state index in [0.717, 1.165) is 23.1 Å². The van der Waals surface area contributed by atoms with Crippen LogP contribution in [0.15, 0.2) is 83.9 Å². The Hall–Kier alpha value is -3.97. The first-order chi connectivity index (χ1) is 18.3. The Kier molecular flexibility index (Phi) is 7.04. The van der Waals surface area contributed by atoms with Crippen molar-refractivity contribution in [2.75, 3.05) is 11.9 Å². The highest BCUT2D eigenvalue weighted by molar-refractivity contribution is 6.30. The Morgan fingerprint density at radius 2 is 1.66 bits per heavy atom. The fourth-order valence-electron chi connectivity index (χ4n) is 5.05. The lowest BCUT2D eigenvalue weighted by atomic mass is 9.63. The number of hydrogen-bond donors (Lipinski definition) is 2. The Balaban J connectivity index is 1.37. The van der Waals surface area contributed by atoms with E-state index in [1.807, 2.05) is 66.7 Å². The normalized spacial score (nSPS) is 18.8. The van der Waals surface area contributed by atoms with Gasteiger partial charge in [-0.15, -0.1) is 0 Å². The number of nitrogens with one attached hydrogen (secondary N) is 2. The third-order valence-electron chi connectivity index (χ3n) is 7.45. The van der Waals surface area contributed by atoms with E-state index in [4.69, 9.17) is 16.6 Å². The number of likely N-dealkylation sites (N-methyl/N-ethyl adjacent to an activating group) is 1. The quantitative estimate of drug-likeness (QED) is 0.502. The van der Waals surface area contributed by atoms with Gasteiger partial charge in [0.2, 0.25) is 18.0 Å². The minimum Gasteiger partial charge on any atom is -0.344 e. The molecule has 0 aromatic heterocycles. The molecule has 1 fully saturated rings. The van der Waals surface area contributed by atoms with Crippen LogP contribution in [-0.4, -0.2) is 42.7 Å². The van der Waals surface area contributed by atoms with Gasteiger partial charge in [-0.25, -0.2) is 4.99 Å². The summed E-state index contributed by atoms with van der Waals surface area (Å²) in [6.45, 7) is 1.61. The number of para-hydroxylation sites is 1. The van der Waals surface area contributed by atoms with Crippen LogP contribution >= 0.6 is 11.6 Å². The van der Waals surface area contributed by atoms with Gasteiger partial charge in [-0.3, -0.25) is 14.4 Å². The first-order valence-electron chi connectivity index (χ1n) is 12.7. The lowest BCUT2D eigenvalue weighted by molar-refractivity contribution is -0.135. The number of carbonyl (C=O) groups excluding carboxylic acids is 3. The number of hydrogen-bond acceptors (Lipinski definition) is 4. The van der Waals surface area contributed by atoms with E-state index in [1.165, 1.54) is 4.90 Å². The van der Waals surface area contributed by atoms with Crippen molar-refractivity contribution in [3.8, 4) is 0 Å². The highest BCUT2D eigenvalue weighted by Crippen LogP contribution is 2.44. The van der Waals surface area contributed by atoms with Crippen LogP contribution in [0.25, 0.3) is 0 Å². The maximum atomic E-state index is 13.4. The molecule has 0 saturated heterocycles. The molecule has 5 rings (SSSR count). The molecule has 1 aliphatic carbocycles. The minimum absolute atomic E-state index is 0.209. The predicted molar refractivity (Wildman–Crippen MR) is 148 cm³/mol. The number of fused-ring (bicyclic) bond motifs is 1. The van der Waals surface area contributed by atoms with Crippen molar-refractivity contribution in [3.63, 3.8) is 0 Å². The van der Waals surface area contributed by atoms with Gasteiger partial charge in [-0.1, -0.05) is 78.7 Å². The SMILES string of the molecule is C[C@H](NC(=O)C1(c2ccc(Cl)cc2)CCC1)C(=O)N[C@H]1N=C(c2ccccc2)c2ccccc2N(C)C1=O. The number of benzene rings is 3.